The topological polar surface area (TPSA) is 55.1 Å². The smallest absolute Gasteiger partial charge is 0.221 e. The predicted molar refractivity (Wildman–Crippen MR) is 84.4 cm³/mol. The van der Waals surface area contributed by atoms with E-state index in [9.17, 15) is 4.79 Å². The average molecular weight is 276 g/mol. The number of hydrogen-bond donors (Lipinski definition) is 2. The maximum Gasteiger partial charge on any atom is 0.221 e. The van der Waals surface area contributed by atoms with Crippen molar-refractivity contribution in [2.45, 2.75) is 57.9 Å². The lowest BCUT2D eigenvalue weighted by Crippen LogP contribution is -2.28. The van der Waals surface area contributed by atoms with Crippen molar-refractivity contribution in [3.05, 3.63) is 35.9 Å². The first-order chi connectivity index (χ1) is 9.74. The average Bonchev–Trinajstić information content (AvgIpc) is 2.47. The summed E-state index contributed by atoms with van der Waals surface area (Å²) >= 11 is 0. The molecule has 0 saturated heterocycles. The second-order valence-electron chi connectivity index (χ2n) is 5.34. The first kappa shape index (κ1) is 16.7. The Hall–Kier alpha value is -1.35. The van der Waals surface area contributed by atoms with Gasteiger partial charge in [0.25, 0.3) is 0 Å². The Kier molecular flexibility index (Phi) is 8.72. The lowest BCUT2D eigenvalue weighted by Gasteiger charge is -2.12. The van der Waals surface area contributed by atoms with Crippen LogP contribution in [0.5, 0.6) is 0 Å². The number of carbonyl (C=O) groups excluding carboxylic acids is 1. The molecule has 1 atom stereocenters. The van der Waals surface area contributed by atoms with Gasteiger partial charge in [0.15, 0.2) is 0 Å². The highest BCUT2D eigenvalue weighted by Crippen LogP contribution is 2.12. The lowest BCUT2D eigenvalue weighted by atomic mass is 10.0. The summed E-state index contributed by atoms with van der Waals surface area (Å²) in [6, 6.07) is 9.57. The minimum absolute atomic E-state index is 0.0508. The van der Waals surface area contributed by atoms with Gasteiger partial charge in [-0.1, -0.05) is 69.4 Å². The monoisotopic (exact) mass is 276 g/mol. The summed E-state index contributed by atoms with van der Waals surface area (Å²) in [5.41, 5.74) is 7.04. The van der Waals surface area contributed by atoms with Crippen LogP contribution >= 0.6 is 0 Å². The molecular formula is C17H28N2O. The van der Waals surface area contributed by atoms with E-state index in [4.69, 9.17) is 5.73 Å². The molecule has 0 bridgehead atoms. The number of benzene rings is 1. The fraction of sp³-hybridized carbons (Fsp3) is 0.588. The van der Waals surface area contributed by atoms with Crippen LogP contribution in [0.1, 0.15) is 63.5 Å². The molecule has 0 unspecified atom stereocenters. The summed E-state index contributed by atoms with van der Waals surface area (Å²) in [4.78, 5) is 11.8. The zero-order valence-electron chi connectivity index (χ0n) is 12.6. The molecule has 20 heavy (non-hydrogen) atoms. The van der Waals surface area contributed by atoms with Crippen LogP contribution in [0.4, 0.5) is 0 Å². The molecule has 0 fully saturated rings. The van der Waals surface area contributed by atoms with E-state index in [0.29, 0.717) is 6.42 Å². The molecule has 3 heteroatoms. The SMILES string of the molecule is CCCCCCCCNC(=O)C[C@H](N)c1ccccc1. The van der Waals surface area contributed by atoms with Crippen molar-refractivity contribution in [1.29, 1.82) is 0 Å². The van der Waals surface area contributed by atoms with Crippen LogP contribution in [0.3, 0.4) is 0 Å². The Morgan fingerprint density at radius 3 is 2.45 bits per heavy atom. The number of unbranched alkanes of at least 4 members (excludes halogenated alkanes) is 5. The minimum Gasteiger partial charge on any atom is -0.356 e. The van der Waals surface area contributed by atoms with E-state index in [1.54, 1.807) is 0 Å². The molecule has 112 valence electrons. The normalized spacial score (nSPS) is 12.1. The summed E-state index contributed by atoms with van der Waals surface area (Å²) in [5, 5.41) is 2.96. The number of nitrogens with two attached hydrogens (primary N) is 1. The van der Waals surface area contributed by atoms with Crippen LogP contribution in [0, 0.1) is 0 Å². The first-order valence-electron chi connectivity index (χ1n) is 7.81. The standard InChI is InChI=1S/C17H28N2O/c1-2-3-4-5-6-10-13-19-17(20)14-16(18)15-11-8-7-9-12-15/h7-9,11-12,16H,2-6,10,13-14,18H2,1H3,(H,19,20)/t16-/m0/s1. The summed E-state index contributed by atoms with van der Waals surface area (Å²) in [6.07, 6.45) is 7.80. The van der Waals surface area contributed by atoms with Gasteiger partial charge >= 0.3 is 0 Å². The van der Waals surface area contributed by atoms with Crippen molar-refractivity contribution in [2.24, 2.45) is 5.73 Å². The Labute approximate surface area is 122 Å². The van der Waals surface area contributed by atoms with E-state index in [1.165, 1.54) is 32.1 Å². The first-order valence-corrected chi connectivity index (χ1v) is 7.81. The molecule has 0 heterocycles. The minimum atomic E-state index is -0.208. The summed E-state index contributed by atoms with van der Waals surface area (Å²) in [6.45, 7) is 2.99. The zero-order valence-corrected chi connectivity index (χ0v) is 12.6. The van der Waals surface area contributed by atoms with Crippen molar-refractivity contribution in [3.8, 4) is 0 Å². The fourth-order valence-corrected chi connectivity index (χ4v) is 2.22. The molecule has 3 nitrogen and oxygen atoms in total. The van der Waals surface area contributed by atoms with Gasteiger partial charge in [0.1, 0.15) is 0 Å². The van der Waals surface area contributed by atoms with Crippen molar-refractivity contribution in [3.63, 3.8) is 0 Å². The largest absolute Gasteiger partial charge is 0.356 e. The maximum absolute atomic E-state index is 11.8. The predicted octanol–water partition coefficient (Wildman–Crippen LogP) is 3.55. The molecule has 0 aromatic heterocycles. The van der Waals surface area contributed by atoms with Gasteiger partial charge in [-0.25, -0.2) is 0 Å². The third-order valence-electron chi connectivity index (χ3n) is 3.49. The number of rotatable bonds is 10. The third kappa shape index (κ3) is 7.29. The van der Waals surface area contributed by atoms with Gasteiger partial charge in [-0.05, 0) is 12.0 Å². The summed E-state index contributed by atoms with van der Waals surface area (Å²) in [7, 11) is 0. The summed E-state index contributed by atoms with van der Waals surface area (Å²) in [5.74, 6) is 0.0508. The Morgan fingerprint density at radius 1 is 1.10 bits per heavy atom. The highest BCUT2D eigenvalue weighted by Gasteiger charge is 2.10. The van der Waals surface area contributed by atoms with Gasteiger partial charge in [0.2, 0.25) is 5.91 Å². The molecule has 3 N–H and O–H groups in total. The maximum atomic E-state index is 11.8. The highest BCUT2D eigenvalue weighted by molar-refractivity contribution is 5.76. The molecule has 1 aromatic rings. The Bertz CT molecular complexity index is 365. The van der Waals surface area contributed by atoms with Crippen LogP contribution in [-0.2, 0) is 4.79 Å². The van der Waals surface area contributed by atoms with Crippen molar-refractivity contribution in [2.75, 3.05) is 6.54 Å². The van der Waals surface area contributed by atoms with E-state index in [0.717, 1.165) is 18.5 Å². The van der Waals surface area contributed by atoms with E-state index in [1.807, 2.05) is 30.3 Å². The zero-order chi connectivity index (χ0) is 14.6. The van der Waals surface area contributed by atoms with E-state index in [-0.39, 0.29) is 11.9 Å². The van der Waals surface area contributed by atoms with Crippen molar-refractivity contribution >= 4 is 5.91 Å². The molecular weight excluding hydrogens is 248 g/mol. The quantitative estimate of drug-likeness (QED) is 0.642. The second-order valence-corrected chi connectivity index (χ2v) is 5.34. The Balaban J connectivity index is 2.08. The molecule has 1 aromatic carbocycles. The van der Waals surface area contributed by atoms with Gasteiger partial charge in [0.05, 0.1) is 0 Å². The van der Waals surface area contributed by atoms with Gasteiger partial charge < -0.3 is 11.1 Å². The van der Waals surface area contributed by atoms with E-state index >= 15 is 0 Å². The molecule has 0 radical (unpaired) electrons. The highest BCUT2D eigenvalue weighted by atomic mass is 16.1. The van der Waals surface area contributed by atoms with Crippen LogP contribution in [0.25, 0.3) is 0 Å². The van der Waals surface area contributed by atoms with Gasteiger partial charge in [-0.2, -0.15) is 0 Å². The van der Waals surface area contributed by atoms with E-state index < -0.39 is 0 Å². The van der Waals surface area contributed by atoms with Gasteiger partial charge in [-0.15, -0.1) is 0 Å². The molecule has 0 aliphatic rings. The number of nitrogens with one attached hydrogen (secondary N) is 1. The molecule has 0 saturated carbocycles. The molecule has 1 amide bonds. The van der Waals surface area contributed by atoms with E-state index in [2.05, 4.69) is 12.2 Å². The molecule has 1 rings (SSSR count). The van der Waals surface area contributed by atoms with Crippen LogP contribution in [0.2, 0.25) is 0 Å². The van der Waals surface area contributed by atoms with Crippen molar-refractivity contribution < 1.29 is 4.79 Å². The number of amides is 1. The number of hydrogen-bond acceptors (Lipinski definition) is 2. The lowest BCUT2D eigenvalue weighted by molar-refractivity contribution is -0.121. The van der Waals surface area contributed by atoms with Crippen LogP contribution in [0.15, 0.2) is 30.3 Å². The van der Waals surface area contributed by atoms with Gasteiger partial charge in [0, 0.05) is 19.0 Å². The number of carbonyl (C=O) groups is 1. The third-order valence-corrected chi connectivity index (χ3v) is 3.49. The molecule has 0 spiro atoms. The fourth-order valence-electron chi connectivity index (χ4n) is 2.22. The van der Waals surface area contributed by atoms with Crippen LogP contribution < -0.4 is 11.1 Å². The Morgan fingerprint density at radius 2 is 1.75 bits per heavy atom. The molecule has 0 aliphatic heterocycles. The molecule has 0 aliphatic carbocycles. The van der Waals surface area contributed by atoms with Crippen molar-refractivity contribution in [1.82, 2.24) is 5.32 Å². The van der Waals surface area contributed by atoms with Crippen LogP contribution in [-0.4, -0.2) is 12.5 Å². The second kappa shape index (κ2) is 10.4. The summed E-state index contributed by atoms with van der Waals surface area (Å²) < 4.78 is 0. The van der Waals surface area contributed by atoms with Gasteiger partial charge in [-0.3, -0.25) is 4.79 Å².